The first-order chi connectivity index (χ1) is 8.25. The third-order valence-electron chi connectivity index (χ3n) is 3.88. The zero-order chi connectivity index (χ0) is 12.3. The molecular weight excluding hydrogens is 212 g/mol. The molecule has 1 aliphatic rings. The monoisotopic (exact) mass is 230 g/mol. The first kappa shape index (κ1) is 11.9. The highest BCUT2D eigenvalue weighted by Gasteiger charge is 2.34. The van der Waals surface area contributed by atoms with Crippen LogP contribution >= 0.6 is 0 Å². The van der Waals surface area contributed by atoms with E-state index < -0.39 is 0 Å². The molecule has 0 bridgehead atoms. The van der Waals surface area contributed by atoms with Crippen LogP contribution in [0.1, 0.15) is 36.8 Å². The predicted molar refractivity (Wildman–Crippen MR) is 66.9 cm³/mol. The number of hydrogen-bond acceptors (Lipinski definition) is 3. The molecule has 2 rings (SSSR count). The van der Waals surface area contributed by atoms with Crippen LogP contribution < -0.4 is 10.5 Å². The molecule has 0 radical (unpaired) electrons. The molecule has 1 fully saturated rings. The smallest absolute Gasteiger partial charge is 0.136 e. The normalized spacial score (nSPS) is 17.7. The highest BCUT2D eigenvalue weighted by atomic mass is 16.5. The van der Waals surface area contributed by atoms with Crippen LogP contribution in [0.3, 0.4) is 0 Å². The van der Waals surface area contributed by atoms with Gasteiger partial charge in [0.15, 0.2) is 0 Å². The first-order valence-electron chi connectivity index (χ1n) is 6.04. The van der Waals surface area contributed by atoms with Gasteiger partial charge in [-0.15, -0.1) is 0 Å². The second-order valence-electron chi connectivity index (χ2n) is 4.72. The summed E-state index contributed by atoms with van der Waals surface area (Å²) < 4.78 is 5.17. The summed E-state index contributed by atoms with van der Waals surface area (Å²) in [5.74, 6) is 0.640. The molecule has 3 heteroatoms. The number of hydrogen-bond donors (Lipinski definition) is 1. The molecule has 1 aromatic carbocycles. The molecule has 1 saturated carbocycles. The number of nitrogens with zero attached hydrogens (tertiary/aromatic N) is 1. The minimum atomic E-state index is 0.0812. The molecule has 0 spiro atoms. The minimum absolute atomic E-state index is 0.0812. The number of nitrogens with two attached hydrogens (primary N) is 1. The van der Waals surface area contributed by atoms with Gasteiger partial charge in [0.2, 0.25) is 0 Å². The van der Waals surface area contributed by atoms with Gasteiger partial charge in [0, 0.05) is 12.0 Å². The molecule has 0 amide bonds. The zero-order valence-corrected chi connectivity index (χ0v) is 10.2. The van der Waals surface area contributed by atoms with Crippen molar-refractivity contribution in [1.29, 1.82) is 5.26 Å². The minimum Gasteiger partial charge on any atom is -0.495 e. The molecule has 90 valence electrons. The summed E-state index contributed by atoms with van der Waals surface area (Å²) in [7, 11) is 1.59. The zero-order valence-electron chi connectivity index (χ0n) is 10.2. The van der Waals surface area contributed by atoms with E-state index >= 15 is 0 Å². The standard InChI is InChI=1S/C14H18N2O/c1-17-13-5-4-12(8-11(13)9-15)14(10-16)6-2-3-7-14/h4-5,8H,2-3,6-7,10,16H2,1H3. The Morgan fingerprint density at radius 1 is 1.41 bits per heavy atom. The Kier molecular flexibility index (Phi) is 3.35. The lowest BCUT2D eigenvalue weighted by Gasteiger charge is -2.28. The van der Waals surface area contributed by atoms with Gasteiger partial charge in [-0.25, -0.2) is 0 Å². The lowest BCUT2D eigenvalue weighted by molar-refractivity contribution is 0.411. The van der Waals surface area contributed by atoms with Gasteiger partial charge in [0.25, 0.3) is 0 Å². The van der Waals surface area contributed by atoms with Gasteiger partial charge in [-0.2, -0.15) is 5.26 Å². The topological polar surface area (TPSA) is 59.0 Å². The van der Waals surface area contributed by atoms with Crippen LogP contribution in [0.4, 0.5) is 0 Å². The average molecular weight is 230 g/mol. The molecule has 17 heavy (non-hydrogen) atoms. The second kappa shape index (κ2) is 4.77. The van der Waals surface area contributed by atoms with Crippen molar-refractivity contribution in [3.05, 3.63) is 29.3 Å². The number of rotatable bonds is 3. The van der Waals surface area contributed by atoms with Crippen molar-refractivity contribution < 1.29 is 4.74 Å². The molecule has 3 nitrogen and oxygen atoms in total. The van der Waals surface area contributed by atoms with Gasteiger partial charge in [-0.1, -0.05) is 18.9 Å². The molecule has 1 aliphatic carbocycles. The van der Waals surface area contributed by atoms with E-state index in [-0.39, 0.29) is 5.41 Å². The summed E-state index contributed by atoms with van der Waals surface area (Å²) in [6.07, 6.45) is 4.71. The SMILES string of the molecule is COc1ccc(C2(CN)CCCC2)cc1C#N. The largest absolute Gasteiger partial charge is 0.495 e. The van der Waals surface area contributed by atoms with Crippen molar-refractivity contribution in [2.45, 2.75) is 31.1 Å². The molecule has 1 aromatic rings. The Balaban J connectivity index is 2.42. The molecule has 0 atom stereocenters. The fourth-order valence-corrected chi connectivity index (χ4v) is 2.79. The van der Waals surface area contributed by atoms with E-state index in [0.29, 0.717) is 17.9 Å². The van der Waals surface area contributed by atoms with E-state index in [0.717, 1.165) is 12.8 Å². The van der Waals surface area contributed by atoms with Crippen molar-refractivity contribution in [1.82, 2.24) is 0 Å². The van der Waals surface area contributed by atoms with Crippen molar-refractivity contribution in [3.63, 3.8) is 0 Å². The Bertz CT molecular complexity index is 442. The Morgan fingerprint density at radius 3 is 2.65 bits per heavy atom. The van der Waals surface area contributed by atoms with Gasteiger partial charge in [-0.3, -0.25) is 0 Å². The fraction of sp³-hybridized carbons (Fsp3) is 0.500. The average Bonchev–Trinajstić information content (AvgIpc) is 2.88. The molecule has 2 N–H and O–H groups in total. The van der Waals surface area contributed by atoms with E-state index in [2.05, 4.69) is 12.1 Å². The summed E-state index contributed by atoms with van der Waals surface area (Å²) in [4.78, 5) is 0. The summed E-state index contributed by atoms with van der Waals surface area (Å²) in [6.45, 7) is 0.657. The van der Waals surface area contributed by atoms with Gasteiger partial charge in [0.1, 0.15) is 11.8 Å². The van der Waals surface area contributed by atoms with Crippen LogP contribution in [0.2, 0.25) is 0 Å². The van der Waals surface area contributed by atoms with E-state index in [1.807, 2.05) is 12.1 Å². The van der Waals surface area contributed by atoms with E-state index in [4.69, 9.17) is 15.7 Å². The summed E-state index contributed by atoms with van der Waals surface area (Å²) in [5, 5.41) is 9.11. The molecule has 0 unspecified atom stereocenters. The Hall–Kier alpha value is -1.53. The van der Waals surface area contributed by atoms with E-state index in [1.54, 1.807) is 7.11 Å². The molecule has 0 aliphatic heterocycles. The van der Waals surface area contributed by atoms with Crippen LogP contribution in [0.5, 0.6) is 5.75 Å². The molecule has 0 aromatic heterocycles. The van der Waals surface area contributed by atoms with Crippen LogP contribution in [0.25, 0.3) is 0 Å². The highest BCUT2D eigenvalue weighted by molar-refractivity contribution is 5.47. The van der Waals surface area contributed by atoms with Crippen LogP contribution in [-0.4, -0.2) is 13.7 Å². The van der Waals surface area contributed by atoms with E-state index in [9.17, 15) is 0 Å². The maximum atomic E-state index is 9.11. The van der Waals surface area contributed by atoms with Crippen molar-refractivity contribution >= 4 is 0 Å². The number of methoxy groups -OCH3 is 1. The summed E-state index contributed by atoms with van der Waals surface area (Å²) in [5.41, 5.74) is 7.82. The third kappa shape index (κ3) is 2.01. The van der Waals surface area contributed by atoms with Crippen molar-refractivity contribution in [3.8, 4) is 11.8 Å². The van der Waals surface area contributed by atoms with Crippen LogP contribution in [-0.2, 0) is 5.41 Å². The highest BCUT2D eigenvalue weighted by Crippen LogP contribution is 2.41. The Labute approximate surface area is 102 Å². The maximum Gasteiger partial charge on any atom is 0.136 e. The lowest BCUT2D eigenvalue weighted by Crippen LogP contribution is -2.32. The summed E-state index contributed by atoms with van der Waals surface area (Å²) in [6, 6.07) is 8.06. The summed E-state index contributed by atoms with van der Waals surface area (Å²) >= 11 is 0. The molecule has 0 saturated heterocycles. The fourth-order valence-electron chi connectivity index (χ4n) is 2.79. The second-order valence-corrected chi connectivity index (χ2v) is 4.72. The third-order valence-corrected chi connectivity index (χ3v) is 3.88. The lowest BCUT2D eigenvalue weighted by atomic mass is 9.78. The number of benzene rings is 1. The number of ether oxygens (including phenoxy) is 1. The molecule has 0 heterocycles. The van der Waals surface area contributed by atoms with Crippen molar-refractivity contribution in [2.24, 2.45) is 5.73 Å². The van der Waals surface area contributed by atoms with E-state index in [1.165, 1.54) is 18.4 Å². The van der Waals surface area contributed by atoms with Crippen LogP contribution in [0, 0.1) is 11.3 Å². The quantitative estimate of drug-likeness (QED) is 0.867. The maximum absolute atomic E-state index is 9.11. The van der Waals surface area contributed by atoms with Gasteiger partial charge < -0.3 is 10.5 Å². The van der Waals surface area contributed by atoms with Crippen LogP contribution in [0.15, 0.2) is 18.2 Å². The van der Waals surface area contributed by atoms with Gasteiger partial charge in [-0.05, 0) is 30.5 Å². The van der Waals surface area contributed by atoms with Crippen molar-refractivity contribution in [2.75, 3.05) is 13.7 Å². The predicted octanol–water partition coefficient (Wildman–Crippen LogP) is 2.34. The van der Waals surface area contributed by atoms with Gasteiger partial charge >= 0.3 is 0 Å². The Morgan fingerprint density at radius 2 is 2.12 bits per heavy atom. The first-order valence-corrected chi connectivity index (χ1v) is 6.04. The molecular formula is C14H18N2O. The van der Waals surface area contributed by atoms with Gasteiger partial charge in [0.05, 0.1) is 12.7 Å². The number of nitriles is 1.